The molecule has 0 aliphatic rings. The molecule has 0 aliphatic carbocycles. The predicted octanol–water partition coefficient (Wildman–Crippen LogP) is 2.62. The minimum absolute atomic E-state index is 0. The SMILES string of the molecule is CCC(N)Cc1cc(Cl)ccc1N.Cl. The minimum atomic E-state index is 0. The zero-order valence-electron chi connectivity index (χ0n) is 8.16. The Balaban J connectivity index is 0.00000169. The quantitative estimate of drug-likeness (QED) is 0.791. The highest BCUT2D eigenvalue weighted by Crippen LogP contribution is 2.19. The van der Waals surface area contributed by atoms with Crippen LogP contribution in [0.25, 0.3) is 0 Å². The number of rotatable bonds is 3. The number of halogens is 2. The Kier molecular flexibility index (Phi) is 5.93. The van der Waals surface area contributed by atoms with E-state index in [0.717, 1.165) is 24.1 Å². The van der Waals surface area contributed by atoms with E-state index < -0.39 is 0 Å². The molecule has 1 aromatic rings. The highest BCUT2D eigenvalue weighted by molar-refractivity contribution is 6.30. The molecule has 0 spiro atoms. The number of benzene rings is 1. The lowest BCUT2D eigenvalue weighted by Gasteiger charge is -2.10. The van der Waals surface area contributed by atoms with Gasteiger partial charge in [0.05, 0.1) is 0 Å². The van der Waals surface area contributed by atoms with E-state index in [1.54, 1.807) is 6.07 Å². The molecule has 14 heavy (non-hydrogen) atoms. The Bertz CT molecular complexity index is 289. The monoisotopic (exact) mass is 234 g/mol. The Morgan fingerprint density at radius 1 is 1.43 bits per heavy atom. The van der Waals surface area contributed by atoms with E-state index in [-0.39, 0.29) is 18.4 Å². The van der Waals surface area contributed by atoms with E-state index in [1.165, 1.54) is 0 Å². The molecule has 0 aromatic heterocycles. The third kappa shape index (κ3) is 3.74. The Hall–Kier alpha value is -0.440. The van der Waals surface area contributed by atoms with E-state index >= 15 is 0 Å². The average Bonchev–Trinajstić information content (AvgIpc) is 2.11. The summed E-state index contributed by atoms with van der Waals surface area (Å²) in [4.78, 5) is 0. The van der Waals surface area contributed by atoms with Crippen LogP contribution in [0.4, 0.5) is 5.69 Å². The normalized spacial score (nSPS) is 11.9. The van der Waals surface area contributed by atoms with Crippen molar-refractivity contribution in [3.63, 3.8) is 0 Å². The second-order valence-corrected chi connectivity index (χ2v) is 3.65. The third-order valence-electron chi connectivity index (χ3n) is 2.11. The van der Waals surface area contributed by atoms with Crippen molar-refractivity contribution in [3.8, 4) is 0 Å². The summed E-state index contributed by atoms with van der Waals surface area (Å²) in [5.74, 6) is 0. The summed E-state index contributed by atoms with van der Waals surface area (Å²) < 4.78 is 0. The highest BCUT2D eigenvalue weighted by atomic mass is 35.5. The van der Waals surface area contributed by atoms with E-state index in [0.29, 0.717) is 5.02 Å². The maximum absolute atomic E-state index is 5.85. The molecular weight excluding hydrogens is 219 g/mol. The van der Waals surface area contributed by atoms with Crippen LogP contribution < -0.4 is 11.5 Å². The largest absolute Gasteiger partial charge is 0.399 e. The van der Waals surface area contributed by atoms with Crippen molar-refractivity contribution < 1.29 is 0 Å². The summed E-state index contributed by atoms with van der Waals surface area (Å²) in [6, 6.07) is 5.66. The summed E-state index contributed by atoms with van der Waals surface area (Å²) in [6.45, 7) is 2.06. The summed E-state index contributed by atoms with van der Waals surface area (Å²) in [6.07, 6.45) is 1.74. The molecule has 1 rings (SSSR count). The molecule has 1 atom stereocenters. The van der Waals surface area contributed by atoms with Gasteiger partial charge in [0.2, 0.25) is 0 Å². The fourth-order valence-corrected chi connectivity index (χ4v) is 1.37. The maximum Gasteiger partial charge on any atom is 0.0410 e. The third-order valence-corrected chi connectivity index (χ3v) is 2.35. The van der Waals surface area contributed by atoms with Crippen LogP contribution in [-0.2, 0) is 6.42 Å². The van der Waals surface area contributed by atoms with Gasteiger partial charge in [0.25, 0.3) is 0 Å². The van der Waals surface area contributed by atoms with Gasteiger partial charge in [-0.2, -0.15) is 0 Å². The van der Waals surface area contributed by atoms with Crippen LogP contribution in [0.1, 0.15) is 18.9 Å². The van der Waals surface area contributed by atoms with Crippen LogP contribution in [0.2, 0.25) is 5.02 Å². The van der Waals surface area contributed by atoms with Crippen LogP contribution in [0, 0.1) is 0 Å². The standard InChI is InChI=1S/C10H15ClN2.ClH/c1-2-9(12)6-7-5-8(11)3-4-10(7)13;/h3-5,9H,2,6,12-13H2,1H3;1H. The lowest BCUT2D eigenvalue weighted by molar-refractivity contribution is 0.647. The average molecular weight is 235 g/mol. The van der Waals surface area contributed by atoms with Crippen LogP contribution in [0.3, 0.4) is 0 Å². The van der Waals surface area contributed by atoms with Gasteiger partial charge in [0.15, 0.2) is 0 Å². The molecule has 0 radical (unpaired) electrons. The Morgan fingerprint density at radius 2 is 2.07 bits per heavy atom. The fourth-order valence-electron chi connectivity index (χ4n) is 1.18. The van der Waals surface area contributed by atoms with Gasteiger partial charge >= 0.3 is 0 Å². The molecule has 1 aromatic carbocycles. The zero-order chi connectivity index (χ0) is 9.84. The predicted molar refractivity (Wildman–Crippen MR) is 65.1 cm³/mol. The van der Waals surface area contributed by atoms with Crippen molar-refractivity contribution in [2.24, 2.45) is 5.73 Å². The molecule has 0 aliphatic heterocycles. The van der Waals surface area contributed by atoms with E-state index in [1.807, 2.05) is 12.1 Å². The first-order chi connectivity index (χ1) is 6.13. The van der Waals surface area contributed by atoms with Crippen LogP contribution in [0.5, 0.6) is 0 Å². The lowest BCUT2D eigenvalue weighted by atomic mass is 10.0. The molecule has 0 heterocycles. The minimum Gasteiger partial charge on any atom is -0.399 e. The highest BCUT2D eigenvalue weighted by Gasteiger charge is 2.05. The molecule has 0 saturated heterocycles. The van der Waals surface area contributed by atoms with Gasteiger partial charge in [0, 0.05) is 16.8 Å². The van der Waals surface area contributed by atoms with Gasteiger partial charge in [-0.25, -0.2) is 0 Å². The Morgan fingerprint density at radius 3 is 2.64 bits per heavy atom. The first kappa shape index (κ1) is 13.6. The number of hydrogen-bond donors (Lipinski definition) is 2. The summed E-state index contributed by atoms with van der Waals surface area (Å²) in [7, 11) is 0. The van der Waals surface area contributed by atoms with E-state index in [9.17, 15) is 0 Å². The van der Waals surface area contributed by atoms with Gasteiger partial charge in [-0.1, -0.05) is 18.5 Å². The summed E-state index contributed by atoms with van der Waals surface area (Å²) in [5.41, 5.74) is 13.4. The smallest absolute Gasteiger partial charge is 0.0410 e. The summed E-state index contributed by atoms with van der Waals surface area (Å²) in [5, 5.41) is 0.715. The second kappa shape index (κ2) is 6.12. The van der Waals surface area contributed by atoms with Crippen LogP contribution in [0.15, 0.2) is 18.2 Å². The van der Waals surface area contributed by atoms with Gasteiger partial charge < -0.3 is 11.5 Å². The number of nitrogens with two attached hydrogens (primary N) is 2. The zero-order valence-corrected chi connectivity index (χ0v) is 9.74. The van der Waals surface area contributed by atoms with E-state index in [4.69, 9.17) is 23.1 Å². The molecule has 80 valence electrons. The second-order valence-electron chi connectivity index (χ2n) is 3.22. The van der Waals surface area contributed by atoms with Crippen molar-refractivity contribution >= 4 is 29.7 Å². The number of hydrogen-bond acceptors (Lipinski definition) is 2. The molecule has 0 fully saturated rings. The topological polar surface area (TPSA) is 52.0 Å². The Labute approximate surface area is 96.0 Å². The lowest BCUT2D eigenvalue weighted by Crippen LogP contribution is -2.21. The molecule has 1 unspecified atom stereocenters. The van der Waals surface area contributed by atoms with Crippen molar-refractivity contribution in [1.82, 2.24) is 0 Å². The van der Waals surface area contributed by atoms with Crippen LogP contribution in [-0.4, -0.2) is 6.04 Å². The molecule has 0 saturated carbocycles. The molecule has 0 amide bonds. The number of nitrogen functional groups attached to an aromatic ring is 1. The van der Waals surface area contributed by atoms with Crippen molar-refractivity contribution in [1.29, 1.82) is 0 Å². The molecule has 4 heteroatoms. The van der Waals surface area contributed by atoms with Crippen molar-refractivity contribution in [2.45, 2.75) is 25.8 Å². The number of anilines is 1. The van der Waals surface area contributed by atoms with Gasteiger partial charge in [-0.3, -0.25) is 0 Å². The van der Waals surface area contributed by atoms with Gasteiger partial charge in [-0.05, 0) is 36.6 Å². The molecule has 2 nitrogen and oxygen atoms in total. The van der Waals surface area contributed by atoms with Crippen molar-refractivity contribution in [3.05, 3.63) is 28.8 Å². The van der Waals surface area contributed by atoms with E-state index in [2.05, 4.69) is 6.92 Å². The van der Waals surface area contributed by atoms with Gasteiger partial charge in [0.1, 0.15) is 0 Å². The van der Waals surface area contributed by atoms with Gasteiger partial charge in [-0.15, -0.1) is 12.4 Å². The fraction of sp³-hybridized carbons (Fsp3) is 0.400. The molecular formula is C10H16Cl2N2. The molecule has 4 N–H and O–H groups in total. The molecule has 0 bridgehead atoms. The summed E-state index contributed by atoms with van der Waals surface area (Å²) >= 11 is 5.85. The van der Waals surface area contributed by atoms with Crippen molar-refractivity contribution in [2.75, 3.05) is 5.73 Å². The first-order valence-electron chi connectivity index (χ1n) is 4.43. The first-order valence-corrected chi connectivity index (χ1v) is 4.80. The van der Waals surface area contributed by atoms with Crippen LogP contribution >= 0.6 is 24.0 Å². The maximum atomic E-state index is 5.85.